The fourth-order valence-corrected chi connectivity index (χ4v) is 3.03. The van der Waals surface area contributed by atoms with Gasteiger partial charge in [-0.05, 0) is 24.5 Å². The number of benzene rings is 1. The van der Waals surface area contributed by atoms with E-state index in [2.05, 4.69) is 15.9 Å². The highest BCUT2D eigenvalue weighted by molar-refractivity contribution is 9.10. The molecule has 0 aromatic heterocycles. The zero-order valence-electron chi connectivity index (χ0n) is 8.37. The van der Waals surface area contributed by atoms with Crippen molar-refractivity contribution in [2.75, 3.05) is 0 Å². The maximum absolute atomic E-state index is 10.9. The summed E-state index contributed by atoms with van der Waals surface area (Å²) >= 11 is 3.50. The second-order valence-corrected chi connectivity index (χ2v) is 5.04. The Morgan fingerprint density at radius 3 is 2.53 bits per heavy atom. The molecule has 3 heteroatoms. The van der Waals surface area contributed by atoms with Crippen molar-refractivity contribution in [1.82, 2.24) is 0 Å². The molecule has 0 saturated heterocycles. The minimum Gasteiger partial charge on any atom is -0.481 e. The standard InChI is InChI=1S/C12H13BrO2/c13-10-5-2-1-4-9(10)12(6-3-7-12)8-11(14)15/h1-2,4-5H,3,6-8H2,(H,14,15). The minimum absolute atomic E-state index is 0.119. The van der Waals surface area contributed by atoms with Crippen molar-refractivity contribution in [3.8, 4) is 0 Å². The Hall–Kier alpha value is -0.830. The van der Waals surface area contributed by atoms with Crippen molar-refractivity contribution in [1.29, 1.82) is 0 Å². The van der Waals surface area contributed by atoms with Gasteiger partial charge in [-0.25, -0.2) is 0 Å². The average molecular weight is 269 g/mol. The lowest BCUT2D eigenvalue weighted by Crippen LogP contribution is -2.36. The first-order valence-electron chi connectivity index (χ1n) is 5.11. The third kappa shape index (κ3) is 1.93. The van der Waals surface area contributed by atoms with E-state index >= 15 is 0 Å². The van der Waals surface area contributed by atoms with Gasteiger partial charge in [-0.3, -0.25) is 4.79 Å². The summed E-state index contributed by atoms with van der Waals surface area (Å²) in [5.74, 6) is -0.703. The van der Waals surface area contributed by atoms with E-state index in [-0.39, 0.29) is 11.8 Å². The average Bonchev–Trinajstić information content (AvgIpc) is 2.12. The van der Waals surface area contributed by atoms with E-state index in [0.717, 1.165) is 29.3 Å². The van der Waals surface area contributed by atoms with Gasteiger partial charge in [-0.2, -0.15) is 0 Å². The van der Waals surface area contributed by atoms with Crippen molar-refractivity contribution < 1.29 is 9.90 Å². The Labute approximate surface area is 97.4 Å². The lowest BCUT2D eigenvalue weighted by molar-refractivity contribution is -0.139. The summed E-state index contributed by atoms with van der Waals surface area (Å²) in [5, 5.41) is 8.95. The Bertz CT molecular complexity index is 383. The molecule has 0 unspecified atom stereocenters. The minimum atomic E-state index is -0.703. The Morgan fingerprint density at radius 1 is 1.40 bits per heavy atom. The van der Waals surface area contributed by atoms with E-state index < -0.39 is 5.97 Å². The molecule has 0 heterocycles. The van der Waals surface area contributed by atoms with Gasteiger partial charge >= 0.3 is 5.97 Å². The maximum Gasteiger partial charge on any atom is 0.304 e. The predicted molar refractivity (Wildman–Crippen MR) is 61.9 cm³/mol. The number of carboxylic acid groups (broad SMARTS) is 1. The highest BCUT2D eigenvalue weighted by Crippen LogP contribution is 2.48. The summed E-state index contributed by atoms with van der Waals surface area (Å²) in [6, 6.07) is 7.95. The molecule has 0 amide bonds. The van der Waals surface area contributed by atoms with Crippen molar-refractivity contribution in [2.24, 2.45) is 0 Å². The van der Waals surface area contributed by atoms with Crippen molar-refractivity contribution in [2.45, 2.75) is 31.1 Å². The summed E-state index contributed by atoms with van der Waals surface area (Å²) in [6.07, 6.45) is 3.36. The van der Waals surface area contributed by atoms with E-state index in [1.807, 2.05) is 24.3 Å². The highest BCUT2D eigenvalue weighted by Gasteiger charge is 2.41. The molecule has 15 heavy (non-hydrogen) atoms. The van der Waals surface area contributed by atoms with Crippen molar-refractivity contribution >= 4 is 21.9 Å². The topological polar surface area (TPSA) is 37.3 Å². The molecule has 1 aliphatic rings. The number of hydrogen-bond acceptors (Lipinski definition) is 1. The van der Waals surface area contributed by atoms with Gasteiger partial charge in [0.15, 0.2) is 0 Å². The largest absolute Gasteiger partial charge is 0.481 e. The first-order valence-corrected chi connectivity index (χ1v) is 5.90. The van der Waals surface area contributed by atoms with Crippen molar-refractivity contribution in [3.05, 3.63) is 34.3 Å². The van der Waals surface area contributed by atoms with E-state index in [1.165, 1.54) is 0 Å². The normalized spacial score (nSPS) is 18.2. The van der Waals surface area contributed by atoms with Crippen LogP contribution in [0.1, 0.15) is 31.2 Å². The summed E-state index contributed by atoms with van der Waals surface area (Å²) in [7, 11) is 0. The molecule has 1 aromatic rings. The van der Waals surface area contributed by atoms with E-state index in [4.69, 9.17) is 5.11 Å². The van der Waals surface area contributed by atoms with Crippen LogP contribution in [0, 0.1) is 0 Å². The number of rotatable bonds is 3. The van der Waals surface area contributed by atoms with Crippen LogP contribution >= 0.6 is 15.9 Å². The maximum atomic E-state index is 10.9. The van der Waals surface area contributed by atoms with E-state index in [0.29, 0.717) is 0 Å². The molecule has 1 N–H and O–H groups in total. The van der Waals surface area contributed by atoms with Gasteiger partial charge in [0, 0.05) is 9.89 Å². The molecule has 1 aromatic carbocycles. The van der Waals surface area contributed by atoms with Gasteiger partial charge in [0.1, 0.15) is 0 Å². The molecule has 0 bridgehead atoms. The molecule has 2 nitrogen and oxygen atoms in total. The molecule has 0 aliphatic heterocycles. The van der Waals surface area contributed by atoms with Crippen LogP contribution in [0.3, 0.4) is 0 Å². The highest BCUT2D eigenvalue weighted by atomic mass is 79.9. The van der Waals surface area contributed by atoms with Crippen LogP contribution in [0.4, 0.5) is 0 Å². The fraction of sp³-hybridized carbons (Fsp3) is 0.417. The monoisotopic (exact) mass is 268 g/mol. The van der Waals surface area contributed by atoms with Crippen LogP contribution < -0.4 is 0 Å². The molecule has 0 radical (unpaired) electrons. The molecule has 80 valence electrons. The van der Waals surface area contributed by atoms with Gasteiger partial charge in [0.05, 0.1) is 6.42 Å². The Morgan fingerprint density at radius 2 is 2.07 bits per heavy atom. The van der Waals surface area contributed by atoms with Crippen LogP contribution in [-0.2, 0) is 10.2 Å². The molecular formula is C12H13BrO2. The van der Waals surface area contributed by atoms with Crippen LogP contribution in [0.25, 0.3) is 0 Å². The van der Waals surface area contributed by atoms with Gasteiger partial charge in [0.2, 0.25) is 0 Å². The quantitative estimate of drug-likeness (QED) is 0.913. The molecule has 1 aliphatic carbocycles. The number of aliphatic carboxylic acids is 1. The van der Waals surface area contributed by atoms with Gasteiger partial charge in [-0.1, -0.05) is 40.5 Å². The van der Waals surface area contributed by atoms with Crippen LogP contribution in [0.2, 0.25) is 0 Å². The third-order valence-electron chi connectivity index (χ3n) is 3.25. The molecule has 1 fully saturated rings. The predicted octanol–water partition coefficient (Wildman–Crippen LogP) is 3.35. The molecule has 1 saturated carbocycles. The summed E-state index contributed by atoms with van der Waals surface area (Å²) < 4.78 is 1.03. The molecule has 0 spiro atoms. The zero-order valence-corrected chi connectivity index (χ0v) is 9.96. The Kier molecular flexibility index (Phi) is 2.83. The smallest absolute Gasteiger partial charge is 0.304 e. The zero-order chi connectivity index (χ0) is 10.9. The second-order valence-electron chi connectivity index (χ2n) is 4.18. The van der Waals surface area contributed by atoms with Crippen molar-refractivity contribution in [3.63, 3.8) is 0 Å². The number of hydrogen-bond donors (Lipinski definition) is 1. The van der Waals surface area contributed by atoms with Gasteiger partial charge in [0.25, 0.3) is 0 Å². The van der Waals surface area contributed by atoms with E-state index in [1.54, 1.807) is 0 Å². The second kappa shape index (κ2) is 3.97. The van der Waals surface area contributed by atoms with Crippen LogP contribution in [-0.4, -0.2) is 11.1 Å². The summed E-state index contributed by atoms with van der Waals surface area (Å²) in [6.45, 7) is 0. The lowest BCUT2D eigenvalue weighted by Gasteiger charge is -2.42. The lowest BCUT2D eigenvalue weighted by atomic mass is 9.62. The van der Waals surface area contributed by atoms with E-state index in [9.17, 15) is 4.79 Å². The third-order valence-corrected chi connectivity index (χ3v) is 3.94. The molecule has 0 atom stereocenters. The molecular weight excluding hydrogens is 256 g/mol. The summed E-state index contributed by atoms with van der Waals surface area (Å²) in [4.78, 5) is 10.9. The SMILES string of the molecule is O=C(O)CC1(c2ccccc2Br)CCC1. The van der Waals surface area contributed by atoms with Crippen LogP contribution in [0.15, 0.2) is 28.7 Å². The molecule has 2 rings (SSSR count). The fourth-order valence-electron chi connectivity index (χ4n) is 2.33. The first-order chi connectivity index (χ1) is 7.14. The Balaban J connectivity index is 2.34. The number of carboxylic acids is 1. The van der Waals surface area contributed by atoms with Gasteiger partial charge < -0.3 is 5.11 Å². The number of halogens is 1. The first kappa shape index (κ1) is 10.7. The summed E-state index contributed by atoms with van der Waals surface area (Å²) in [5.41, 5.74) is 1.03. The van der Waals surface area contributed by atoms with Gasteiger partial charge in [-0.15, -0.1) is 0 Å². The number of carbonyl (C=O) groups is 1. The van der Waals surface area contributed by atoms with Crippen LogP contribution in [0.5, 0.6) is 0 Å².